The molecule has 1 heterocycles. The number of ether oxygens (including phenoxy) is 1. The normalized spacial score (nSPS) is 26.8. The fourth-order valence-corrected chi connectivity index (χ4v) is 3.89. The number of carbonyl (C=O) groups is 2. The minimum Gasteiger partial charge on any atom is -0.383 e. The van der Waals surface area contributed by atoms with Crippen molar-refractivity contribution < 1.29 is 14.3 Å². The Morgan fingerprint density at radius 1 is 1.33 bits per heavy atom. The Hall–Kier alpha value is -1.10. The molecule has 2 aliphatic rings. The van der Waals surface area contributed by atoms with Crippen LogP contribution in [0.15, 0.2) is 0 Å². The summed E-state index contributed by atoms with van der Waals surface area (Å²) in [6, 6.07) is -0.430. The van der Waals surface area contributed by atoms with Gasteiger partial charge in [0.15, 0.2) is 0 Å². The molecule has 1 aliphatic heterocycles. The predicted octanol–water partition coefficient (Wildman–Crippen LogP) is 1.85. The van der Waals surface area contributed by atoms with E-state index in [1.165, 1.54) is 0 Å². The van der Waals surface area contributed by atoms with Crippen LogP contribution in [0.4, 0.5) is 0 Å². The van der Waals surface area contributed by atoms with E-state index in [-0.39, 0.29) is 23.9 Å². The molecule has 120 valence electrons. The molecule has 2 unspecified atom stereocenters. The number of rotatable bonds is 5. The van der Waals surface area contributed by atoms with Gasteiger partial charge in [0.2, 0.25) is 11.8 Å². The van der Waals surface area contributed by atoms with E-state index in [4.69, 9.17) is 4.74 Å². The summed E-state index contributed by atoms with van der Waals surface area (Å²) in [5.41, 5.74) is -0.641. The zero-order valence-electron chi connectivity index (χ0n) is 13.5. The van der Waals surface area contributed by atoms with Crippen LogP contribution in [0.5, 0.6) is 0 Å². The molecule has 5 heteroatoms. The predicted molar refractivity (Wildman–Crippen MR) is 80.8 cm³/mol. The molecule has 0 aromatic heterocycles. The van der Waals surface area contributed by atoms with Crippen LogP contribution in [0.2, 0.25) is 0 Å². The third kappa shape index (κ3) is 2.93. The highest BCUT2D eigenvalue weighted by molar-refractivity contribution is 6.00. The lowest BCUT2D eigenvalue weighted by atomic mass is 9.76. The number of methoxy groups -OCH3 is 1. The molecule has 1 spiro atoms. The van der Waals surface area contributed by atoms with E-state index in [2.05, 4.69) is 5.32 Å². The molecule has 2 amide bonds. The van der Waals surface area contributed by atoms with Crippen molar-refractivity contribution in [1.29, 1.82) is 0 Å². The highest BCUT2D eigenvalue weighted by Gasteiger charge is 2.53. The average Bonchev–Trinajstić information content (AvgIpc) is 2.46. The average molecular weight is 296 g/mol. The van der Waals surface area contributed by atoms with Crippen molar-refractivity contribution in [3.05, 3.63) is 0 Å². The summed E-state index contributed by atoms with van der Waals surface area (Å²) in [4.78, 5) is 27.5. The van der Waals surface area contributed by atoms with Crippen molar-refractivity contribution in [2.24, 2.45) is 0 Å². The van der Waals surface area contributed by atoms with Gasteiger partial charge < -0.3 is 15.0 Å². The second-order valence-electron chi connectivity index (χ2n) is 6.42. The third-order valence-electron chi connectivity index (χ3n) is 4.83. The van der Waals surface area contributed by atoms with Gasteiger partial charge in [-0.15, -0.1) is 0 Å². The van der Waals surface area contributed by atoms with Gasteiger partial charge in [0.1, 0.15) is 11.6 Å². The first-order valence-corrected chi connectivity index (χ1v) is 8.20. The highest BCUT2D eigenvalue weighted by atomic mass is 16.5. The number of nitrogens with one attached hydrogen (secondary N) is 1. The van der Waals surface area contributed by atoms with E-state index in [1.54, 1.807) is 7.11 Å². The molecule has 1 saturated carbocycles. The van der Waals surface area contributed by atoms with Gasteiger partial charge in [-0.25, -0.2) is 0 Å². The summed E-state index contributed by atoms with van der Waals surface area (Å²) in [5, 5.41) is 2.98. The summed E-state index contributed by atoms with van der Waals surface area (Å²) in [6.07, 6.45) is 6.31. The molecule has 2 fully saturated rings. The molecule has 21 heavy (non-hydrogen) atoms. The maximum atomic E-state index is 12.9. The van der Waals surface area contributed by atoms with Gasteiger partial charge in [0.05, 0.1) is 12.6 Å². The molecule has 0 radical (unpaired) electrons. The minimum absolute atomic E-state index is 0.0446. The molecular formula is C16H28N2O3. The number of hydrogen-bond acceptors (Lipinski definition) is 3. The quantitative estimate of drug-likeness (QED) is 0.842. The largest absolute Gasteiger partial charge is 0.383 e. The lowest BCUT2D eigenvalue weighted by molar-refractivity contribution is -0.165. The van der Waals surface area contributed by atoms with E-state index in [9.17, 15) is 9.59 Å². The molecule has 0 bridgehead atoms. The van der Waals surface area contributed by atoms with Crippen molar-refractivity contribution in [3.63, 3.8) is 0 Å². The first-order valence-electron chi connectivity index (χ1n) is 8.20. The van der Waals surface area contributed by atoms with Crippen LogP contribution in [-0.4, -0.2) is 48.1 Å². The van der Waals surface area contributed by atoms with E-state index < -0.39 is 5.54 Å². The first-order chi connectivity index (χ1) is 10.1. The topological polar surface area (TPSA) is 58.6 Å². The Morgan fingerprint density at radius 3 is 2.57 bits per heavy atom. The van der Waals surface area contributed by atoms with Crippen LogP contribution in [0.25, 0.3) is 0 Å². The van der Waals surface area contributed by atoms with E-state index in [1.807, 2.05) is 18.7 Å². The molecule has 5 nitrogen and oxygen atoms in total. The molecule has 2 rings (SSSR count). The lowest BCUT2D eigenvalue weighted by Crippen LogP contribution is -2.73. The van der Waals surface area contributed by atoms with Crippen molar-refractivity contribution >= 4 is 11.8 Å². The number of amides is 2. The second-order valence-corrected chi connectivity index (χ2v) is 6.42. The summed E-state index contributed by atoms with van der Waals surface area (Å²) in [6.45, 7) is 4.49. The van der Waals surface area contributed by atoms with Crippen LogP contribution in [0.3, 0.4) is 0 Å². The summed E-state index contributed by atoms with van der Waals surface area (Å²) in [5.74, 6) is 0.117. The van der Waals surface area contributed by atoms with Crippen molar-refractivity contribution in [2.45, 2.75) is 76.4 Å². The van der Waals surface area contributed by atoms with Gasteiger partial charge in [-0.2, -0.15) is 0 Å². The van der Waals surface area contributed by atoms with E-state index in [0.29, 0.717) is 13.0 Å². The van der Waals surface area contributed by atoms with Gasteiger partial charge in [0, 0.05) is 7.11 Å². The Kier molecular flexibility index (Phi) is 5.25. The zero-order valence-corrected chi connectivity index (χ0v) is 13.5. The fraction of sp³-hybridized carbons (Fsp3) is 0.875. The summed E-state index contributed by atoms with van der Waals surface area (Å²) >= 11 is 0. The zero-order chi connectivity index (χ0) is 15.5. The maximum absolute atomic E-state index is 12.9. The van der Waals surface area contributed by atoms with Gasteiger partial charge in [0.25, 0.3) is 0 Å². The number of carbonyl (C=O) groups excluding carboxylic acids is 2. The van der Waals surface area contributed by atoms with Crippen LogP contribution in [-0.2, 0) is 14.3 Å². The van der Waals surface area contributed by atoms with Crippen LogP contribution >= 0.6 is 0 Å². The van der Waals surface area contributed by atoms with E-state index in [0.717, 1.165) is 38.5 Å². The summed E-state index contributed by atoms with van der Waals surface area (Å²) in [7, 11) is 1.64. The van der Waals surface area contributed by atoms with Gasteiger partial charge in [-0.1, -0.05) is 32.6 Å². The highest BCUT2D eigenvalue weighted by Crippen LogP contribution is 2.38. The van der Waals surface area contributed by atoms with Crippen molar-refractivity contribution in [1.82, 2.24) is 10.2 Å². The molecule has 2 atom stereocenters. The van der Waals surface area contributed by atoms with Crippen LogP contribution in [0.1, 0.15) is 58.8 Å². The first kappa shape index (κ1) is 16.3. The standard InChI is InChI=1S/C16H28N2O3/c1-4-8-13-14(19)18(12(2)11-21-3)16(15(20)17-13)9-6-5-7-10-16/h12-13H,4-11H2,1-3H3,(H,17,20). The maximum Gasteiger partial charge on any atom is 0.246 e. The Bertz CT molecular complexity index is 391. The van der Waals surface area contributed by atoms with Gasteiger partial charge in [-0.3, -0.25) is 9.59 Å². The SMILES string of the molecule is CCCC1NC(=O)C2(CCCCC2)N(C(C)COC)C1=O. The third-order valence-corrected chi connectivity index (χ3v) is 4.83. The Balaban J connectivity index is 2.32. The Labute approximate surface area is 127 Å². The van der Waals surface area contributed by atoms with Crippen molar-refractivity contribution in [3.8, 4) is 0 Å². The fourth-order valence-electron chi connectivity index (χ4n) is 3.89. The molecule has 1 saturated heterocycles. The number of nitrogens with zero attached hydrogens (tertiary/aromatic N) is 1. The lowest BCUT2D eigenvalue weighted by Gasteiger charge is -2.52. The molecule has 0 aromatic rings. The van der Waals surface area contributed by atoms with Gasteiger partial charge >= 0.3 is 0 Å². The molecular weight excluding hydrogens is 268 g/mol. The second kappa shape index (κ2) is 6.77. The summed E-state index contributed by atoms with van der Waals surface area (Å²) < 4.78 is 5.24. The van der Waals surface area contributed by atoms with Crippen molar-refractivity contribution in [2.75, 3.05) is 13.7 Å². The Morgan fingerprint density at radius 2 is 2.00 bits per heavy atom. The number of hydrogen-bond donors (Lipinski definition) is 1. The van der Waals surface area contributed by atoms with Gasteiger partial charge in [-0.05, 0) is 26.2 Å². The minimum atomic E-state index is -0.641. The van der Waals surface area contributed by atoms with E-state index >= 15 is 0 Å². The van der Waals surface area contributed by atoms with Crippen LogP contribution in [0, 0.1) is 0 Å². The molecule has 1 N–H and O–H groups in total. The number of piperazine rings is 1. The molecule has 1 aliphatic carbocycles. The smallest absolute Gasteiger partial charge is 0.246 e. The monoisotopic (exact) mass is 296 g/mol. The molecule has 0 aromatic carbocycles. The van der Waals surface area contributed by atoms with Crippen LogP contribution < -0.4 is 5.32 Å².